The minimum atomic E-state index is 1.29. The number of rotatable bonds is 0. The first-order valence-electron chi connectivity index (χ1n) is 7.78. The molecular formula is C21H15NS. The highest BCUT2D eigenvalue weighted by Crippen LogP contribution is 2.52. The van der Waals surface area contributed by atoms with E-state index in [1.807, 2.05) is 11.8 Å². The summed E-state index contributed by atoms with van der Waals surface area (Å²) in [6, 6.07) is 26.2. The first-order chi connectivity index (χ1) is 11.3. The molecule has 23 heavy (non-hydrogen) atoms. The maximum Gasteiger partial charge on any atom is 0.0629 e. The highest BCUT2D eigenvalue weighted by molar-refractivity contribution is 8.00. The van der Waals surface area contributed by atoms with E-state index in [1.165, 1.54) is 42.7 Å². The molecule has 110 valence electrons. The molecule has 1 aliphatic rings. The molecule has 0 aliphatic carbocycles. The van der Waals surface area contributed by atoms with Crippen LogP contribution in [0.1, 0.15) is 0 Å². The summed E-state index contributed by atoms with van der Waals surface area (Å²) in [5.74, 6) is 0. The molecule has 0 spiro atoms. The lowest BCUT2D eigenvalue weighted by molar-refractivity contribution is 1.14. The molecule has 0 N–H and O–H groups in total. The van der Waals surface area contributed by atoms with Crippen molar-refractivity contribution in [1.82, 2.24) is 0 Å². The molecule has 1 nitrogen and oxygen atoms in total. The van der Waals surface area contributed by atoms with Gasteiger partial charge in [0.1, 0.15) is 0 Å². The molecule has 1 aliphatic heterocycles. The van der Waals surface area contributed by atoms with Gasteiger partial charge in [0.05, 0.1) is 11.4 Å². The van der Waals surface area contributed by atoms with Gasteiger partial charge in [-0.2, -0.15) is 0 Å². The summed E-state index contributed by atoms with van der Waals surface area (Å²) in [5.41, 5.74) is 2.61. The van der Waals surface area contributed by atoms with Crippen molar-refractivity contribution in [3.63, 3.8) is 0 Å². The van der Waals surface area contributed by atoms with Crippen molar-refractivity contribution in [2.45, 2.75) is 9.79 Å². The van der Waals surface area contributed by atoms with Crippen molar-refractivity contribution in [3.8, 4) is 0 Å². The standard InChI is InChI=1S/C21H15NS/c1-22-18-12-10-15-7-3-5-9-17(15)21(18)23-19-13-11-14-6-2-4-8-16(14)20(19)22/h2-13H,1H3. The number of hydrogen-bond acceptors (Lipinski definition) is 2. The Labute approximate surface area is 139 Å². The van der Waals surface area contributed by atoms with Crippen LogP contribution < -0.4 is 4.90 Å². The van der Waals surface area contributed by atoms with Crippen LogP contribution in [0.15, 0.2) is 82.6 Å². The third kappa shape index (κ3) is 1.82. The Morgan fingerprint density at radius 1 is 0.696 bits per heavy atom. The fourth-order valence-electron chi connectivity index (χ4n) is 3.50. The maximum absolute atomic E-state index is 2.34. The smallest absolute Gasteiger partial charge is 0.0629 e. The second kappa shape index (κ2) is 4.77. The molecule has 0 bridgehead atoms. The van der Waals surface area contributed by atoms with Gasteiger partial charge in [0.2, 0.25) is 0 Å². The third-order valence-corrected chi connectivity index (χ3v) is 5.81. The molecule has 5 rings (SSSR count). The molecule has 1 heterocycles. The van der Waals surface area contributed by atoms with Gasteiger partial charge in [-0.1, -0.05) is 72.4 Å². The van der Waals surface area contributed by atoms with Crippen LogP contribution in [0, 0.1) is 0 Å². The first kappa shape index (κ1) is 13.0. The lowest BCUT2D eigenvalue weighted by Crippen LogP contribution is -2.15. The van der Waals surface area contributed by atoms with Crippen LogP contribution in [0.5, 0.6) is 0 Å². The van der Waals surface area contributed by atoms with E-state index in [-0.39, 0.29) is 0 Å². The molecular weight excluding hydrogens is 298 g/mol. The van der Waals surface area contributed by atoms with E-state index >= 15 is 0 Å². The zero-order chi connectivity index (χ0) is 15.4. The second-order valence-corrected chi connectivity index (χ2v) is 6.98. The number of nitrogens with zero attached hydrogens (tertiary/aromatic N) is 1. The maximum atomic E-state index is 2.34. The third-order valence-electron chi connectivity index (χ3n) is 4.63. The fourth-order valence-corrected chi connectivity index (χ4v) is 4.80. The first-order valence-corrected chi connectivity index (χ1v) is 8.60. The van der Waals surface area contributed by atoms with Crippen molar-refractivity contribution in [2.24, 2.45) is 0 Å². The van der Waals surface area contributed by atoms with E-state index in [0.717, 1.165) is 0 Å². The molecule has 0 fully saturated rings. The van der Waals surface area contributed by atoms with E-state index in [9.17, 15) is 0 Å². The summed E-state index contributed by atoms with van der Waals surface area (Å²) in [4.78, 5) is 5.03. The van der Waals surface area contributed by atoms with Crippen LogP contribution >= 0.6 is 11.8 Å². The quantitative estimate of drug-likeness (QED) is 0.379. The van der Waals surface area contributed by atoms with Gasteiger partial charge < -0.3 is 4.90 Å². The molecule has 4 aromatic carbocycles. The average Bonchev–Trinajstić information content (AvgIpc) is 2.61. The Bertz CT molecular complexity index is 1070. The number of benzene rings is 4. The van der Waals surface area contributed by atoms with Gasteiger partial charge >= 0.3 is 0 Å². The van der Waals surface area contributed by atoms with Crippen LogP contribution in [0.25, 0.3) is 21.5 Å². The summed E-state index contributed by atoms with van der Waals surface area (Å²) < 4.78 is 0. The van der Waals surface area contributed by atoms with Gasteiger partial charge in [-0.3, -0.25) is 0 Å². The van der Waals surface area contributed by atoms with Gasteiger partial charge in [0.25, 0.3) is 0 Å². The summed E-state index contributed by atoms with van der Waals surface area (Å²) >= 11 is 1.89. The normalized spacial score (nSPS) is 13.2. The van der Waals surface area contributed by atoms with Gasteiger partial charge in [-0.15, -0.1) is 0 Å². The van der Waals surface area contributed by atoms with Crippen LogP contribution in [0.3, 0.4) is 0 Å². The van der Waals surface area contributed by atoms with E-state index in [4.69, 9.17) is 0 Å². The zero-order valence-electron chi connectivity index (χ0n) is 12.8. The van der Waals surface area contributed by atoms with Crippen molar-refractivity contribution in [1.29, 1.82) is 0 Å². The Kier molecular flexibility index (Phi) is 2.70. The van der Waals surface area contributed by atoms with Crippen LogP contribution in [0.2, 0.25) is 0 Å². The largest absolute Gasteiger partial charge is 0.342 e. The van der Waals surface area contributed by atoms with Gasteiger partial charge in [0.15, 0.2) is 0 Å². The predicted molar refractivity (Wildman–Crippen MR) is 100 cm³/mol. The van der Waals surface area contributed by atoms with Gasteiger partial charge in [-0.05, 0) is 28.3 Å². The van der Waals surface area contributed by atoms with Crippen LogP contribution in [-0.4, -0.2) is 7.05 Å². The monoisotopic (exact) mass is 313 g/mol. The van der Waals surface area contributed by atoms with Crippen molar-refractivity contribution in [3.05, 3.63) is 72.8 Å². The summed E-state index contributed by atoms with van der Waals surface area (Å²) in [6.07, 6.45) is 0. The lowest BCUT2D eigenvalue weighted by atomic mass is 10.1. The lowest BCUT2D eigenvalue weighted by Gasteiger charge is -2.31. The Morgan fingerprint density at radius 3 is 2.17 bits per heavy atom. The van der Waals surface area contributed by atoms with Crippen molar-refractivity contribution < 1.29 is 0 Å². The van der Waals surface area contributed by atoms with Crippen molar-refractivity contribution >= 4 is 44.7 Å². The molecule has 2 heteroatoms. The highest BCUT2D eigenvalue weighted by Gasteiger charge is 2.24. The summed E-state index contributed by atoms with van der Waals surface area (Å²) in [6.45, 7) is 0. The predicted octanol–water partition coefficient (Wildman–Crippen LogP) is 6.23. The molecule has 0 unspecified atom stereocenters. The Balaban J connectivity index is 1.83. The molecule has 0 radical (unpaired) electrons. The molecule has 0 amide bonds. The van der Waals surface area contributed by atoms with Gasteiger partial charge in [0, 0.05) is 22.2 Å². The van der Waals surface area contributed by atoms with E-state index in [2.05, 4.69) is 84.7 Å². The zero-order valence-corrected chi connectivity index (χ0v) is 13.6. The summed E-state index contributed by atoms with van der Waals surface area (Å²) in [5, 5.41) is 5.25. The number of fused-ring (bicyclic) bond motifs is 6. The number of anilines is 2. The SMILES string of the molecule is CN1c2ccc3ccccc3c2Sc2ccc3ccccc3c21. The highest BCUT2D eigenvalue weighted by atomic mass is 32.2. The minimum Gasteiger partial charge on any atom is -0.342 e. The number of hydrogen-bond donors (Lipinski definition) is 0. The molecule has 0 saturated heterocycles. The molecule has 0 atom stereocenters. The topological polar surface area (TPSA) is 3.24 Å². The van der Waals surface area contributed by atoms with E-state index in [1.54, 1.807) is 0 Å². The fraction of sp³-hybridized carbons (Fsp3) is 0.0476. The molecule has 4 aromatic rings. The minimum absolute atomic E-state index is 1.29. The Hall–Kier alpha value is -2.45. The van der Waals surface area contributed by atoms with Crippen LogP contribution in [0.4, 0.5) is 11.4 Å². The average molecular weight is 313 g/mol. The van der Waals surface area contributed by atoms with Crippen molar-refractivity contribution in [2.75, 3.05) is 11.9 Å². The second-order valence-electron chi connectivity index (χ2n) is 5.93. The summed E-state index contributed by atoms with van der Waals surface area (Å²) in [7, 11) is 2.18. The van der Waals surface area contributed by atoms with E-state index < -0.39 is 0 Å². The molecule has 0 saturated carbocycles. The van der Waals surface area contributed by atoms with Crippen LogP contribution in [-0.2, 0) is 0 Å². The molecule has 0 aromatic heterocycles. The van der Waals surface area contributed by atoms with Gasteiger partial charge in [-0.25, -0.2) is 0 Å². The van der Waals surface area contributed by atoms with E-state index in [0.29, 0.717) is 0 Å². The Morgan fingerprint density at radius 2 is 1.35 bits per heavy atom.